The molecular weight excluding hydrogens is 661 g/mol. The summed E-state index contributed by atoms with van der Waals surface area (Å²) in [6, 6.07) is 6.98. The zero-order chi connectivity index (χ0) is 35.6. The number of nitrogens with zero attached hydrogens (tertiary/aromatic N) is 3. The van der Waals surface area contributed by atoms with Gasteiger partial charge in [0.15, 0.2) is 0 Å². The third-order valence-electron chi connectivity index (χ3n) is 8.13. The molecule has 4 aliphatic rings. The van der Waals surface area contributed by atoms with Crippen LogP contribution >= 0.6 is 0 Å². The zero-order valence-electron chi connectivity index (χ0n) is 25.0. The molecule has 0 aromatic carbocycles. The van der Waals surface area contributed by atoms with Gasteiger partial charge in [0, 0.05) is 49.8 Å². The molecule has 1 aromatic heterocycles. The summed E-state index contributed by atoms with van der Waals surface area (Å²) in [7, 11) is 0. The molecule has 0 amide bonds. The second-order valence-electron chi connectivity index (χ2n) is 11.7. The van der Waals surface area contributed by atoms with Gasteiger partial charge in [-0.1, -0.05) is 12.5 Å². The highest BCUT2D eigenvalue weighted by Crippen LogP contribution is 2.47. The quantitative estimate of drug-likeness (QED) is 0.331. The molecule has 2 saturated carbocycles. The highest BCUT2D eigenvalue weighted by atomic mass is 19.4. The monoisotopic (exact) mass is 697 g/mol. The van der Waals surface area contributed by atoms with E-state index in [4.69, 9.17) is 34.4 Å². The van der Waals surface area contributed by atoms with Crippen LogP contribution in [0.1, 0.15) is 44.2 Å². The lowest BCUT2D eigenvalue weighted by Crippen LogP contribution is -2.42. The molecule has 2 atom stereocenters. The van der Waals surface area contributed by atoms with Crippen molar-refractivity contribution in [3.8, 4) is 0 Å². The first-order valence-electron chi connectivity index (χ1n) is 14.5. The Labute approximate surface area is 263 Å². The topological polar surface area (TPSA) is 140 Å². The van der Waals surface area contributed by atoms with Gasteiger partial charge in [0.25, 0.3) is 0 Å². The maximum Gasteiger partial charge on any atom is 0.490 e. The van der Waals surface area contributed by atoms with Crippen LogP contribution < -0.4 is 0 Å². The number of ether oxygens (including phenoxy) is 1. The highest BCUT2D eigenvalue weighted by molar-refractivity contribution is 5.73. The fourth-order valence-electron chi connectivity index (χ4n) is 5.42. The average molecular weight is 698 g/mol. The summed E-state index contributed by atoms with van der Waals surface area (Å²) < 4.78 is 101. The minimum atomic E-state index is -5.08. The molecule has 0 radical (unpaired) electrons. The third kappa shape index (κ3) is 13.8. The number of aromatic nitrogens is 1. The van der Waals surface area contributed by atoms with Crippen LogP contribution in [-0.4, -0.2) is 112 Å². The van der Waals surface area contributed by atoms with Crippen molar-refractivity contribution in [3.05, 3.63) is 30.1 Å². The number of hydrogen-bond donors (Lipinski definition) is 3. The van der Waals surface area contributed by atoms with E-state index in [1.807, 2.05) is 18.3 Å². The van der Waals surface area contributed by atoms with E-state index in [0.717, 1.165) is 24.3 Å². The first-order chi connectivity index (χ1) is 21.6. The van der Waals surface area contributed by atoms with E-state index in [2.05, 4.69) is 20.9 Å². The van der Waals surface area contributed by atoms with E-state index in [1.165, 1.54) is 71.2 Å². The smallest absolute Gasteiger partial charge is 0.475 e. The number of likely N-dealkylation sites (tertiary alicyclic amines) is 2. The minimum Gasteiger partial charge on any atom is -0.475 e. The summed E-state index contributed by atoms with van der Waals surface area (Å²) in [6.45, 7) is 8.08. The number of carboxylic acid groups (broad SMARTS) is 3. The van der Waals surface area contributed by atoms with Crippen LogP contribution in [0.4, 0.5) is 39.5 Å². The zero-order valence-corrected chi connectivity index (χ0v) is 25.0. The summed E-state index contributed by atoms with van der Waals surface area (Å²) in [4.78, 5) is 36.7. The summed E-state index contributed by atoms with van der Waals surface area (Å²) in [5.74, 6) is -6.59. The highest BCUT2D eigenvalue weighted by Gasteiger charge is 2.52. The molecule has 19 heteroatoms. The first-order valence-corrected chi connectivity index (χ1v) is 14.5. The van der Waals surface area contributed by atoms with Crippen molar-refractivity contribution < 1.29 is 74.0 Å². The second kappa shape index (κ2) is 16.8. The van der Waals surface area contributed by atoms with E-state index in [1.54, 1.807) is 0 Å². The summed E-state index contributed by atoms with van der Waals surface area (Å²) in [5, 5.41) is 21.4. The average Bonchev–Trinajstić information content (AvgIpc) is 3.55. The van der Waals surface area contributed by atoms with Gasteiger partial charge in [-0.05, 0) is 56.7 Å². The Morgan fingerprint density at radius 3 is 1.79 bits per heavy atom. The minimum absolute atomic E-state index is 0.481. The largest absolute Gasteiger partial charge is 0.490 e. The number of halogens is 9. The molecule has 268 valence electrons. The number of rotatable bonds is 7. The number of hydrogen-bond acceptors (Lipinski definition) is 7. The van der Waals surface area contributed by atoms with Crippen LogP contribution in [0.25, 0.3) is 0 Å². The van der Waals surface area contributed by atoms with Crippen molar-refractivity contribution in [2.75, 3.05) is 39.3 Å². The van der Waals surface area contributed by atoms with Crippen molar-refractivity contribution in [2.24, 2.45) is 17.3 Å². The van der Waals surface area contributed by atoms with E-state index in [9.17, 15) is 39.5 Å². The SMILES string of the molecule is O=C(O)C(F)(F)F.O=C(O)C(F)(F)F.O=C(O)C(F)(F)F.c1ccc(COC[C@H]2CN(CC3CC3)C[C@@]23CCN(C2CCC2)C3)nc1. The van der Waals surface area contributed by atoms with Crippen molar-refractivity contribution in [2.45, 2.75) is 69.7 Å². The molecule has 3 heterocycles. The van der Waals surface area contributed by atoms with Gasteiger partial charge in [-0.25, -0.2) is 14.4 Å². The summed E-state index contributed by atoms with van der Waals surface area (Å²) in [5.41, 5.74) is 1.53. The van der Waals surface area contributed by atoms with E-state index < -0.39 is 36.4 Å². The second-order valence-corrected chi connectivity index (χ2v) is 11.7. The molecule has 0 unspecified atom stereocenters. The van der Waals surface area contributed by atoms with Gasteiger partial charge >= 0.3 is 36.4 Å². The van der Waals surface area contributed by atoms with Crippen molar-refractivity contribution in [1.82, 2.24) is 14.8 Å². The lowest BCUT2D eigenvalue weighted by molar-refractivity contribution is -0.193. The molecule has 2 aliphatic carbocycles. The van der Waals surface area contributed by atoms with Crippen LogP contribution in [0.5, 0.6) is 0 Å². The van der Waals surface area contributed by atoms with Crippen molar-refractivity contribution in [1.29, 1.82) is 0 Å². The Balaban J connectivity index is 0.000000301. The van der Waals surface area contributed by atoms with Gasteiger partial charge in [0.1, 0.15) is 0 Å². The number of pyridine rings is 1. The Bertz CT molecular complexity index is 1100. The fourth-order valence-corrected chi connectivity index (χ4v) is 5.42. The predicted molar refractivity (Wildman–Crippen MR) is 144 cm³/mol. The Hall–Kier alpha value is -3.19. The van der Waals surface area contributed by atoms with Crippen molar-refractivity contribution in [3.63, 3.8) is 0 Å². The van der Waals surface area contributed by atoms with Gasteiger partial charge in [-0.2, -0.15) is 39.5 Å². The van der Waals surface area contributed by atoms with Gasteiger partial charge in [-0.3, -0.25) is 9.88 Å². The van der Waals surface area contributed by atoms with Crippen LogP contribution in [0.15, 0.2) is 24.4 Å². The van der Waals surface area contributed by atoms with Crippen LogP contribution in [-0.2, 0) is 25.7 Å². The van der Waals surface area contributed by atoms with E-state index in [0.29, 0.717) is 17.9 Å². The predicted octanol–water partition coefficient (Wildman–Crippen LogP) is 5.08. The molecular formula is C28H36F9N3O7. The number of carboxylic acids is 3. The van der Waals surface area contributed by atoms with E-state index in [-0.39, 0.29) is 0 Å². The Morgan fingerprint density at radius 1 is 0.851 bits per heavy atom. The van der Waals surface area contributed by atoms with Crippen LogP contribution in [0.3, 0.4) is 0 Å². The van der Waals surface area contributed by atoms with Crippen molar-refractivity contribution >= 4 is 17.9 Å². The molecule has 5 rings (SSSR count). The lowest BCUT2D eigenvalue weighted by atomic mass is 9.77. The number of carbonyl (C=O) groups is 3. The molecule has 1 aromatic rings. The summed E-state index contributed by atoms with van der Waals surface area (Å²) in [6.07, 6.45) is -4.79. The third-order valence-corrected chi connectivity index (χ3v) is 8.13. The molecule has 3 N–H and O–H groups in total. The van der Waals surface area contributed by atoms with Gasteiger partial charge in [0.2, 0.25) is 0 Å². The lowest BCUT2D eigenvalue weighted by Gasteiger charge is -2.37. The van der Waals surface area contributed by atoms with Gasteiger partial charge in [0.05, 0.1) is 18.9 Å². The molecule has 1 spiro atoms. The standard InChI is InChI=1S/C22H33N3O.3C2HF3O2/c1-2-10-23-20(4-1)15-26-14-19-13-24(12-18-7-8-18)16-22(19)9-11-25(17-22)21-5-3-6-21;3*3-2(4,5)1(6)7/h1-2,4,10,18-19,21H,3,5-9,11-17H2;3*(H,6,7)/t19-,22-;;;/m1.../s1. The summed E-state index contributed by atoms with van der Waals surface area (Å²) >= 11 is 0. The van der Waals surface area contributed by atoms with Crippen LogP contribution in [0, 0.1) is 17.3 Å². The number of alkyl halides is 9. The molecule has 10 nitrogen and oxygen atoms in total. The maximum absolute atomic E-state index is 10.6. The molecule has 47 heavy (non-hydrogen) atoms. The molecule has 2 aliphatic heterocycles. The molecule has 0 bridgehead atoms. The Kier molecular flexibility index (Phi) is 14.3. The normalized spacial score (nSPS) is 23.4. The van der Waals surface area contributed by atoms with Gasteiger partial charge < -0.3 is 25.0 Å². The van der Waals surface area contributed by atoms with E-state index >= 15 is 0 Å². The first kappa shape index (κ1) is 40.0. The maximum atomic E-state index is 10.6. The van der Waals surface area contributed by atoms with Gasteiger partial charge in [-0.15, -0.1) is 0 Å². The molecule has 4 fully saturated rings. The number of aliphatic carboxylic acids is 3. The Morgan fingerprint density at radius 2 is 1.38 bits per heavy atom. The fraction of sp³-hybridized carbons (Fsp3) is 0.714. The molecule has 2 saturated heterocycles. The van der Waals surface area contributed by atoms with Crippen LogP contribution in [0.2, 0.25) is 0 Å².